The fourth-order valence-electron chi connectivity index (χ4n) is 1.50. The van der Waals surface area contributed by atoms with Gasteiger partial charge in [0.25, 0.3) is 0 Å². The molecule has 0 bridgehead atoms. The predicted molar refractivity (Wildman–Crippen MR) is 66.9 cm³/mol. The maximum absolute atomic E-state index is 11.8. The zero-order chi connectivity index (χ0) is 13.3. The van der Waals surface area contributed by atoms with Gasteiger partial charge >= 0.3 is 5.97 Å². The van der Waals surface area contributed by atoms with Crippen LogP contribution in [0.4, 0.5) is 0 Å². The summed E-state index contributed by atoms with van der Waals surface area (Å²) in [5, 5.41) is 8.51. The van der Waals surface area contributed by atoms with Crippen molar-refractivity contribution in [3.8, 4) is 0 Å². The molecule has 0 fully saturated rings. The SMILES string of the molecule is CCCN(CCN(C)C)C(=O)CCCC(=O)O. The second kappa shape index (κ2) is 8.98. The van der Waals surface area contributed by atoms with Crippen LogP contribution in [0.2, 0.25) is 0 Å². The zero-order valence-corrected chi connectivity index (χ0v) is 11.1. The molecular weight excluding hydrogens is 220 g/mol. The Hall–Kier alpha value is -1.10. The number of carbonyl (C=O) groups excluding carboxylic acids is 1. The third-order valence-corrected chi connectivity index (χ3v) is 2.44. The Morgan fingerprint density at radius 2 is 1.71 bits per heavy atom. The Kier molecular flexibility index (Phi) is 8.40. The first-order valence-corrected chi connectivity index (χ1v) is 6.11. The van der Waals surface area contributed by atoms with Gasteiger partial charge in [-0.2, -0.15) is 0 Å². The lowest BCUT2D eigenvalue weighted by Crippen LogP contribution is -2.37. The smallest absolute Gasteiger partial charge is 0.303 e. The highest BCUT2D eigenvalue weighted by molar-refractivity contribution is 5.77. The van der Waals surface area contributed by atoms with Gasteiger partial charge in [0.05, 0.1) is 0 Å². The van der Waals surface area contributed by atoms with E-state index in [0.717, 1.165) is 19.5 Å². The lowest BCUT2D eigenvalue weighted by Gasteiger charge is -2.23. The van der Waals surface area contributed by atoms with Crippen LogP contribution in [0, 0.1) is 0 Å². The molecule has 0 aromatic carbocycles. The van der Waals surface area contributed by atoms with Gasteiger partial charge in [-0.15, -0.1) is 0 Å². The van der Waals surface area contributed by atoms with Crippen LogP contribution in [-0.4, -0.2) is 60.5 Å². The van der Waals surface area contributed by atoms with Crippen molar-refractivity contribution in [2.24, 2.45) is 0 Å². The Labute approximate surface area is 103 Å². The average molecular weight is 244 g/mol. The summed E-state index contributed by atoms with van der Waals surface area (Å²) in [6, 6.07) is 0. The summed E-state index contributed by atoms with van der Waals surface area (Å²) >= 11 is 0. The van der Waals surface area contributed by atoms with Gasteiger partial charge in [0.2, 0.25) is 5.91 Å². The van der Waals surface area contributed by atoms with E-state index >= 15 is 0 Å². The first-order chi connectivity index (χ1) is 7.97. The normalized spacial score (nSPS) is 10.6. The number of hydrogen-bond donors (Lipinski definition) is 1. The predicted octanol–water partition coefficient (Wildman–Crippen LogP) is 1.04. The molecule has 0 aliphatic heterocycles. The van der Waals surface area contributed by atoms with E-state index in [1.807, 2.05) is 30.8 Å². The summed E-state index contributed by atoms with van der Waals surface area (Å²) in [5.41, 5.74) is 0. The third kappa shape index (κ3) is 8.68. The van der Waals surface area contributed by atoms with Crippen molar-refractivity contribution in [1.82, 2.24) is 9.80 Å². The van der Waals surface area contributed by atoms with Gasteiger partial charge in [0, 0.05) is 32.5 Å². The molecule has 17 heavy (non-hydrogen) atoms. The van der Waals surface area contributed by atoms with Gasteiger partial charge in [-0.25, -0.2) is 0 Å². The van der Waals surface area contributed by atoms with Crippen LogP contribution in [0.3, 0.4) is 0 Å². The molecule has 0 saturated carbocycles. The number of amides is 1. The second-order valence-electron chi connectivity index (χ2n) is 4.43. The van der Waals surface area contributed by atoms with E-state index in [4.69, 9.17) is 5.11 Å². The molecule has 0 radical (unpaired) electrons. The van der Waals surface area contributed by atoms with Crippen LogP contribution in [-0.2, 0) is 9.59 Å². The number of rotatable bonds is 9. The molecule has 0 aromatic heterocycles. The van der Waals surface area contributed by atoms with Crippen LogP contribution in [0.25, 0.3) is 0 Å². The monoisotopic (exact) mass is 244 g/mol. The van der Waals surface area contributed by atoms with Crippen molar-refractivity contribution in [2.75, 3.05) is 33.7 Å². The molecule has 0 rings (SSSR count). The summed E-state index contributed by atoms with van der Waals surface area (Å²) in [4.78, 5) is 26.1. The maximum atomic E-state index is 11.8. The van der Waals surface area contributed by atoms with Crippen LogP contribution in [0.1, 0.15) is 32.6 Å². The fourth-order valence-corrected chi connectivity index (χ4v) is 1.50. The molecule has 0 atom stereocenters. The largest absolute Gasteiger partial charge is 0.481 e. The number of carboxylic acids is 1. The van der Waals surface area contributed by atoms with E-state index in [0.29, 0.717) is 19.4 Å². The number of aliphatic carboxylic acids is 1. The van der Waals surface area contributed by atoms with Crippen molar-refractivity contribution in [3.63, 3.8) is 0 Å². The second-order valence-corrected chi connectivity index (χ2v) is 4.43. The highest BCUT2D eigenvalue weighted by Crippen LogP contribution is 2.02. The summed E-state index contributed by atoms with van der Waals surface area (Å²) < 4.78 is 0. The maximum Gasteiger partial charge on any atom is 0.303 e. The number of likely N-dealkylation sites (N-methyl/N-ethyl adjacent to an activating group) is 1. The summed E-state index contributed by atoms with van der Waals surface area (Å²) in [5.74, 6) is -0.775. The molecule has 0 heterocycles. The van der Waals surface area contributed by atoms with Gasteiger partial charge in [-0.1, -0.05) is 6.92 Å². The van der Waals surface area contributed by atoms with Crippen molar-refractivity contribution >= 4 is 11.9 Å². The first kappa shape index (κ1) is 15.9. The Morgan fingerprint density at radius 3 is 2.18 bits per heavy atom. The van der Waals surface area contributed by atoms with Gasteiger partial charge in [-0.3, -0.25) is 9.59 Å². The Balaban J connectivity index is 4.00. The van der Waals surface area contributed by atoms with Crippen molar-refractivity contribution < 1.29 is 14.7 Å². The van der Waals surface area contributed by atoms with Crippen LogP contribution in [0.5, 0.6) is 0 Å². The molecule has 100 valence electrons. The van der Waals surface area contributed by atoms with Gasteiger partial charge in [0.15, 0.2) is 0 Å². The minimum Gasteiger partial charge on any atom is -0.481 e. The molecule has 1 N–H and O–H groups in total. The fraction of sp³-hybridized carbons (Fsp3) is 0.833. The number of nitrogens with zero attached hydrogens (tertiary/aromatic N) is 2. The molecule has 0 spiro atoms. The van der Waals surface area contributed by atoms with E-state index in [1.54, 1.807) is 0 Å². The van der Waals surface area contributed by atoms with Crippen LogP contribution < -0.4 is 0 Å². The number of hydrogen-bond acceptors (Lipinski definition) is 3. The highest BCUT2D eigenvalue weighted by Gasteiger charge is 2.12. The minimum atomic E-state index is -0.840. The average Bonchev–Trinajstić information content (AvgIpc) is 2.23. The molecule has 1 amide bonds. The molecule has 5 nitrogen and oxygen atoms in total. The molecule has 0 unspecified atom stereocenters. The van der Waals surface area contributed by atoms with E-state index in [9.17, 15) is 9.59 Å². The van der Waals surface area contributed by atoms with Gasteiger partial charge < -0.3 is 14.9 Å². The van der Waals surface area contributed by atoms with Crippen LogP contribution >= 0.6 is 0 Å². The van der Waals surface area contributed by atoms with Crippen molar-refractivity contribution in [1.29, 1.82) is 0 Å². The summed E-state index contributed by atoms with van der Waals surface area (Å²) in [7, 11) is 3.94. The number of carboxylic acid groups (broad SMARTS) is 1. The molecule has 0 aliphatic rings. The lowest BCUT2D eigenvalue weighted by molar-refractivity contribution is -0.137. The molecular formula is C12H24N2O3. The standard InChI is InChI=1S/C12H24N2O3/c1-4-8-14(10-9-13(2)3)11(15)6-5-7-12(16)17/h4-10H2,1-3H3,(H,16,17). The van der Waals surface area contributed by atoms with E-state index in [2.05, 4.69) is 0 Å². The van der Waals surface area contributed by atoms with E-state index in [-0.39, 0.29) is 12.3 Å². The molecule has 0 saturated heterocycles. The number of carbonyl (C=O) groups is 2. The van der Waals surface area contributed by atoms with E-state index < -0.39 is 5.97 Å². The topological polar surface area (TPSA) is 60.9 Å². The zero-order valence-electron chi connectivity index (χ0n) is 11.1. The van der Waals surface area contributed by atoms with Crippen molar-refractivity contribution in [2.45, 2.75) is 32.6 Å². The van der Waals surface area contributed by atoms with E-state index in [1.165, 1.54) is 0 Å². The third-order valence-electron chi connectivity index (χ3n) is 2.44. The Morgan fingerprint density at radius 1 is 1.06 bits per heavy atom. The van der Waals surface area contributed by atoms with Gasteiger partial charge in [0.1, 0.15) is 0 Å². The minimum absolute atomic E-state index is 0.0648. The van der Waals surface area contributed by atoms with Crippen molar-refractivity contribution in [3.05, 3.63) is 0 Å². The molecule has 0 aromatic rings. The highest BCUT2D eigenvalue weighted by atomic mass is 16.4. The summed E-state index contributed by atoms with van der Waals surface area (Å²) in [6.07, 6.45) is 1.76. The quantitative estimate of drug-likeness (QED) is 0.658. The molecule has 0 aliphatic carbocycles. The van der Waals surface area contributed by atoms with Crippen LogP contribution in [0.15, 0.2) is 0 Å². The van der Waals surface area contributed by atoms with Gasteiger partial charge in [-0.05, 0) is 26.9 Å². The first-order valence-electron chi connectivity index (χ1n) is 6.11. The Bertz CT molecular complexity index is 242. The molecule has 5 heteroatoms. The summed E-state index contributed by atoms with van der Waals surface area (Å²) in [6.45, 7) is 4.34. The lowest BCUT2D eigenvalue weighted by atomic mass is 10.2.